The van der Waals surface area contributed by atoms with Crippen LogP contribution in [0.25, 0.3) is 11.3 Å². The Morgan fingerprint density at radius 2 is 1.86 bits per heavy atom. The van der Waals surface area contributed by atoms with Gasteiger partial charge < -0.3 is 19.1 Å². The number of rotatable bonds is 2. The van der Waals surface area contributed by atoms with Gasteiger partial charge in [-0.2, -0.15) is 0 Å². The molecule has 4 rings (SSSR count). The van der Waals surface area contributed by atoms with Crippen molar-refractivity contribution in [3.8, 4) is 22.8 Å². The van der Waals surface area contributed by atoms with Crippen LogP contribution < -0.4 is 9.47 Å². The summed E-state index contributed by atoms with van der Waals surface area (Å²) in [5.41, 5.74) is 0.486. The first kappa shape index (κ1) is 13.5. The van der Waals surface area contributed by atoms with E-state index < -0.39 is 5.97 Å². The Kier molecular flexibility index (Phi) is 2.84. The molecule has 0 atom stereocenters. The van der Waals surface area contributed by atoms with Gasteiger partial charge in [-0.1, -0.05) is 16.8 Å². The Morgan fingerprint density at radius 3 is 2.45 bits per heavy atom. The number of carboxylic acids is 1. The highest BCUT2D eigenvalue weighted by atomic mass is 35.5. The molecule has 2 heterocycles. The number of hydrogen-bond donors (Lipinski definition) is 1. The van der Waals surface area contributed by atoms with Crippen LogP contribution in [-0.2, 0) is 0 Å². The summed E-state index contributed by atoms with van der Waals surface area (Å²) >= 11 is 6.25. The van der Waals surface area contributed by atoms with Crippen molar-refractivity contribution in [1.82, 2.24) is 5.16 Å². The van der Waals surface area contributed by atoms with E-state index in [2.05, 4.69) is 5.16 Å². The number of benzene rings is 1. The fourth-order valence-corrected chi connectivity index (χ4v) is 2.67. The zero-order valence-corrected chi connectivity index (χ0v) is 12.2. The van der Waals surface area contributed by atoms with E-state index in [4.69, 9.17) is 30.7 Å². The lowest BCUT2D eigenvalue weighted by atomic mass is 10.1. The number of nitrogens with zero attached hydrogens (tertiary/aromatic N) is 1. The average Bonchev–Trinajstić information content (AvgIpc) is 3.14. The number of aromatic carboxylic acids is 1. The molecule has 1 aliphatic carbocycles. The molecule has 1 fully saturated rings. The highest BCUT2D eigenvalue weighted by molar-refractivity contribution is 6.33. The maximum Gasteiger partial charge on any atom is 0.358 e. The molecule has 1 spiro atoms. The molecule has 0 unspecified atom stereocenters. The number of aromatic nitrogens is 1. The van der Waals surface area contributed by atoms with Gasteiger partial charge in [0.1, 0.15) is 0 Å². The predicted molar refractivity (Wildman–Crippen MR) is 76.6 cm³/mol. The Morgan fingerprint density at radius 1 is 1.18 bits per heavy atom. The number of ether oxygens (including phenoxy) is 2. The zero-order valence-electron chi connectivity index (χ0n) is 11.5. The van der Waals surface area contributed by atoms with Crippen molar-refractivity contribution in [2.45, 2.75) is 12.8 Å². The molecule has 0 radical (unpaired) electrons. The largest absolute Gasteiger partial charge is 0.489 e. The SMILES string of the molecule is O=C(O)c1cc(-c2cc3c(cc2Cl)OCC2(CC2)CO3)on1. The number of halogens is 1. The Bertz CT molecular complexity index is 765. The fourth-order valence-electron chi connectivity index (χ4n) is 2.42. The second-order valence-electron chi connectivity index (χ2n) is 5.74. The fraction of sp³-hybridized carbons (Fsp3) is 0.333. The van der Waals surface area contributed by atoms with Gasteiger partial charge in [0.25, 0.3) is 0 Å². The van der Waals surface area contributed by atoms with Gasteiger partial charge in [0, 0.05) is 23.1 Å². The second kappa shape index (κ2) is 4.64. The van der Waals surface area contributed by atoms with Gasteiger partial charge >= 0.3 is 5.97 Å². The van der Waals surface area contributed by atoms with Gasteiger partial charge in [-0.3, -0.25) is 0 Å². The lowest BCUT2D eigenvalue weighted by Gasteiger charge is -2.09. The van der Waals surface area contributed by atoms with Gasteiger partial charge in [-0.05, 0) is 18.9 Å². The lowest BCUT2D eigenvalue weighted by Crippen LogP contribution is -2.17. The molecule has 0 amide bonds. The first-order valence-corrected chi connectivity index (χ1v) is 7.24. The summed E-state index contributed by atoms with van der Waals surface area (Å²) in [7, 11) is 0. The average molecular weight is 322 g/mol. The van der Waals surface area contributed by atoms with Gasteiger partial charge in [-0.15, -0.1) is 0 Å². The van der Waals surface area contributed by atoms with E-state index in [1.807, 2.05) is 0 Å². The maximum atomic E-state index is 10.9. The summed E-state index contributed by atoms with van der Waals surface area (Å²) in [5, 5.41) is 12.8. The van der Waals surface area contributed by atoms with E-state index in [-0.39, 0.29) is 16.9 Å². The van der Waals surface area contributed by atoms with E-state index in [9.17, 15) is 4.79 Å². The van der Waals surface area contributed by atoms with Crippen molar-refractivity contribution in [1.29, 1.82) is 0 Å². The van der Waals surface area contributed by atoms with Gasteiger partial charge in [0.15, 0.2) is 23.0 Å². The summed E-state index contributed by atoms with van der Waals surface area (Å²) in [4.78, 5) is 10.9. The highest BCUT2D eigenvalue weighted by Crippen LogP contribution is 2.50. The molecule has 1 aliphatic heterocycles. The molecular weight excluding hydrogens is 310 g/mol. The summed E-state index contributed by atoms with van der Waals surface area (Å²) in [6, 6.07) is 4.69. The molecule has 1 N–H and O–H groups in total. The number of carbonyl (C=O) groups is 1. The van der Waals surface area contributed by atoms with E-state index in [1.165, 1.54) is 6.07 Å². The van der Waals surface area contributed by atoms with Crippen LogP contribution in [0, 0.1) is 5.41 Å². The van der Waals surface area contributed by atoms with Crippen LogP contribution in [0.4, 0.5) is 0 Å². The van der Waals surface area contributed by atoms with E-state index >= 15 is 0 Å². The van der Waals surface area contributed by atoms with Crippen LogP contribution in [0.15, 0.2) is 22.7 Å². The first-order valence-electron chi connectivity index (χ1n) is 6.86. The van der Waals surface area contributed by atoms with Crippen molar-refractivity contribution < 1.29 is 23.9 Å². The third kappa shape index (κ3) is 2.20. The first-order chi connectivity index (χ1) is 10.6. The molecule has 2 aromatic rings. The summed E-state index contributed by atoms with van der Waals surface area (Å²) in [6.07, 6.45) is 2.21. The van der Waals surface area contributed by atoms with Crippen molar-refractivity contribution in [2.75, 3.05) is 13.2 Å². The third-order valence-electron chi connectivity index (χ3n) is 4.05. The molecule has 1 saturated carbocycles. The summed E-state index contributed by atoms with van der Waals surface area (Å²) in [5.74, 6) is 0.294. The number of fused-ring (bicyclic) bond motifs is 1. The van der Waals surface area contributed by atoms with Crippen LogP contribution in [0.1, 0.15) is 23.3 Å². The smallest absolute Gasteiger partial charge is 0.358 e. The lowest BCUT2D eigenvalue weighted by molar-refractivity contribution is 0.0686. The van der Waals surface area contributed by atoms with Gasteiger partial charge in [0.2, 0.25) is 0 Å². The summed E-state index contributed by atoms with van der Waals surface area (Å²) in [6.45, 7) is 1.24. The van der Waals surface area contributed by atoms with Crippen molar-refractivity contribution in [3.63, 3.8) is 0 Å². The quantitative estimate of drug-likeness (QED) is 0.914. The molecule has 6 nitrogen and oxygen atoms in total. The molecule has 2 aliphatic rings. The predicted octanol–water partition coefficient (Wildman–Crippen LogP) is 3.24. The number of hydrogen-bond acceptors (Lipinski definition) is 5. The van der Waals surface area contributed by atoms with Crippen molar-refractivity contribution in [3.05, 3.63) is 28.9 Å². The standard InChI is InChI=1S/C15H12ClNO5/c16-9-4-13-12(20-6-15(1-2-15)7-21-13)3-8(9)11-5-10(14(18)19)17-22-11/h3-5H,1-2,6-7H2,(H,18,19). The maximum absolute atomic E-state index is 10.9. The second-order valence-corrected chi connectivity index (χ2v) is 6.14. The minimum absolute atomic E-state index is 0.133. The minimum Gasteiger partial charge on any atom is -0.489 e. The Labute approximate surface area is 130 Å². The Balaban J connectivity index is 1.71. The molecule has 114 valence electrons. The molecule has 0 saturated heterocycles. The molecule has 22 heavy (non-hydrogen) atoms. The zero-order chi connectivity index (χ0) is 15.3. The van der Waals surface area contributed by atoms with E-state index in [1.54, 1.807) is 12.1 Å². The minimum atomic E-state index is -1.16. The van der Waals surface area contributed by atoms with Crippen LogP contribution in [-0.4, -0.2) is 29.4 Å². The molecule has 7 heteroatoms. The summed E-state index contributed by atoms with van der Waals surface area (Å²) < 4.78 is 16.7. The third-order valence-corrected chi connectivity index (χ3v) is 4.37. The molecule has 1 aromatic carbocycles. The van der Waals surface area contributed by atoms with Gasteiger partial charge in [0.05, 0.1) is 18.2 Å². The van der Waals surface area contributed by atoms with Gasteiger partial charge in [-0.25, -0.2) is 4.79 Å². The van der Waals surface area contributed by atoms with Crippen LogP contribution in [0.5, 0.6) is 11.5 Å². The molecule has 1 aromatic heterocycles. The van der Waals surface area contributed by atoms with Crippen molar-refractivity contribution in [2.24, 2.45) is 5.41 Å². The highest BCUT2D eigenvalue weighted by Gasteiger charge is 2.46. The normalized spacial score (nSPS) is 18.0. The van der Waals surface area contributed by atoms with E-state index in [0.29, 0.717) is 35.3 Å². The topological polar surface area (TPSA) is 81.8 Å². The van der Waals surface area contributed by atoms with Crippen LogP contribution in [0.2, 0.25) is 5.02 Å². The van der Waals surface area contributed by atoms with E-state index in [0.717, 1.165) is 12.8 Å². The Hall–Kier alpha value is -2.21. The number of carboxylic acid groups (broad SMARTS) is 1. The molecular formula is C15H12ClNO5. The van der Waals surface area contributed by atoms with Crippen LogP contribution in [0.3, 0.4) is 0 Å². The molecule has 0 bridgehead atoms. The monoisotopic (exact) mass is 321 g/mol. The van der Waals surface area contributed by atoms with Crippen molar-refractivity contribution >= 4 is 17.6 Å². The van der Waals surface area contributed by atoms with Crippen LogP contribution >= 0.6 is 11.6 Å².